The summed E-state index contributed by atoms with van der Waals surface area (Å²) in [5, 5.41) is 11.6. The third-order valence-corrected chi connectivity index (χ3v) is 3.04. The van der Waals surface area contributed by atoms with Crippen LogP contribution in [0.3, 0.4) is 0 Å². The Morgan fingerprint density at radius 2 is 2.33 bits per heavy atom. The number of hydrogen-bond donors (Lipinski definition) is 0. The minimum atomic E-state index is -0.604. The van der Waals surface area contributed by atoms with Crippen LogP contribution in [0.15, 0.2) is 24.4 Å². The van der Waals surface area contributed by atoms with Gasteiger partial charge in [-0.3, -0.25) is 10.1 Å². The molecule has 0 amide bonds. The molecule has 0 atom stereocenters. The summed E-state index contributed by atoms with van der Waals surface area (Å²) in [7, 11) is 0. The molecule has 0 bridgehead atoms. The molecule has 94 valence electrons. The number of nitrogens with zero attached hydrogens (tertiary/aromatic N) is 2. The van der Waals surface area contributed by atoms with Gasteiger partial charge in [-0.05, 0) is 13.0 Å². The Morgan fingerprint density at radius 3 is 2.94 bits per heavy atom. The average Bonchev–Trinajstić information content (AvgIpc) is 2.72. The Hall–Kier alpha value is -2.02. The summed E-state index contributed by atoms with van der Waals surface area (Å²) in [6.45, 7) is 1.98. The van der Waals surface area contributed by atoms with Gasteiger partial charge in [-0.15, -0.1) is 11.3 Å². The van der Waals surface area contributed by atoms with Crippen molar-refractivity contribution in [2.75, 3.05) is 0 Å². The molecule has 2 rings (SSSR count). The zero-order chi connectivity index (χ0) is 13.1. The third kappa shape index (κ3) is 2.80. The second-order valence-electron chi connectivity index (χ2n) is 3.50. The number of ether oxygens (including phenoxy) is 1. The molecule has 0 saturated heterocycles. The molecule has 7 heteroatoms. The predicted octanol–water partition coefficient (Wildman–Crippen LogP) is 3.08. The summed E-state index contributed by atoms with van der Waals surface area (Å²) < 4.78 is 18.3. The fourth-order valence-electron chi connectivity index (χ4n) is 1.38. The van der Waals surface area contributed by atoms with Gasteiger partial charge in [-0.2, -0.15) is 0 Å². The molecule has 0 spiro atoms. The SMILES string of the molecule is Cc1ncc(COc2cc(F)ccc2[N+](=O)[O-])s1. The number of nitro groups is 1. The van der Waals surface area contributed by atoms with E-state index >= 15 is 0 Å². The smallest absolute Gasteiger partial charge is 0.311 e. The third-order valence-electron chi connectivity index (χ3n) is 2.16. The van der Waals surface area contributed by atoms with Crippen molar-refractivity contribution in [3.63, 3.8) is 0 Å². The van der Waals surface area contributed by atoms with E-state index in [0.717, 1.165) is 28.1 Å². The molecule has 1 aromatic heterocycles. The number of halogens is 1. The topological polar surface area (TPSA) is 65.3 Å². The first-order valence-electron chi connectivity index (χ1n) is 5.04. The maximum absolute atomic E-state index is 13.0. The van der Waals surface area contributed by atoms with Crippen molar-refractivity contribution in [3.05, 3.63) is 50.2 Å². The van der Waals surface area contributed by atoms with Gasteiger partial charge in [0, 0.05) is 18.3 Å². The number of nitro benzene ring substituents is 1. The van der Waals surface area contributed by atoms with Gasteiger partial charge in [-0.25, -0.2) is 9.37 Å². The van der Waals surface area contributed by atoms with Crippen LogP contribution in [0.2, 0.25) is 0 Å². The second-order valence-corrected chi connectivity index (χ2v) is 4.82. The zero-order valence-electron chi connectivity index (χ0n) is 9.42. The van der Waals surface area contributed by atoms with Gasteiger partial charge in [0.2, 0.25) is 0 Å². The van der Waals surface area contributed by atoms with E-state index in [9.17, 15) is 14.5 Å². The number of aromatic nitrogens is 1. The number of aryl methyl sites for hydroxylation is 1. The lowest BCUT2D eigenvalue weighted by Gasteiger charge is -2.04. The fourth-order valence-corrected chi connectivity index (χ4v) is 2.08. The van der Waals surface area contributed by atoms with E-state index in [1.165, 1.54) is 11.3 Å². The molecule has 0 aliphatic carbocycles. The first-order chi connectivity index (χ1) is 8.56. The molecular formula is C11H9FN2O3S. The van der Waals surface area contributed by atoms with Gasteiger partial charge in [0.15, 0.2) is 5.75 Å². The van der Waals surface area contributed by atoms with E-state index in [4.69, 9.17) is 4.74 Å². The molecule has 1 aromatic carbocycles. The minimum Gasteiger partial charge on any atom is -0.481 e. The van der Waals surface area contributed by atoms with E-state index < -0.39 is 10.7 Å². The Morgan fingerprint density at radius 1 is 1.56 bits per heavy atom. The van der Waals surface area contributed by atoms with Crippen molar-refractivity contribution >= 4 is 17.0 Å². The van der Waals surface area contributed by atoms with E-state index in [1.807, 2.05) is 6.92 Å². The van der Waals surface area contributed by atoms with Crippen LogP contribution in [0.25, 0.3) is 0 Å². The fraction of sp³-hybridized carbons (Fsp3) is 0.182. The molecule has 0 aliphatic rings. The van der Waals surface area contributed by atoms with Gasteiger partial charge in [0.05, 0.1) is 14.8 Å². The van der Waals surface area contributed by atoms with Crippen molar-refractivity contribution < 1.29 is 14.1 Å². The maximum Gasteiger partial charge on any atom is 0.311 e. The largest absolute Gasteiger partial charge is 0.481 e. The highest BCUT2D eigenvalue weighted by Gasteiger charge is 2.16. The molecule has 5 nitrogen and oxygen atoms in total. The quantitative estimate of drug-likeness (QED) is 0.631. The molecule has 0 unspecified atom stereocenters. The van der Waals surface area contributed by atoms with Crippen LogP contribution >= 0.6 is 11.3 Å². The molecule has 0 saturated carbocycles. The molecule has 0 aliphatic heterocycles. The van der Waals surface area contributed by atoms with Gasteiger partial charge in [-0.1, -0.05) is 0 Å². The van der Waals surface area contributed by atoms with Crippen LogP contribution in [-0.4, -0.2) is 9.91 Å². The van der Waals surface area contributed by atoms with Gasteiger partial charge in [0.1, 0.15) is 12.4 Å². The maximum atomic E-state index is 13.0. The van der Waals surface area contributed by atoms with Crippen molar-refractivity contribution in [1.29, 1.82) is 0 Å². The standard InChI is InChI=1S/C11H9FN2O3S/c1-7-13-5-9(18-7)6-17-11-4-8(12)2-3-10(11)14(15)16/h2-5H,6H2,1H3. The molecule has 2 aromatic rings. The van der Waals surface area contributed by atoms with Crippen molar-refractivity contribution in [3.8, 4) is 5.75 Å². The normalized spacial score (nSPS) is 10.3. The number of thiazole rings is 1. The zero-order valence-corrected chi connectivity index (χ0v) is 10.2. The molecule has 18 heavy (non-hydrogen) atoms. The first kappa shape index (κ1) is 12.4. The summed E-state index contributed by atoms with van der Waals surface area (Å²) in [5.74, 6) is -0.651. The Balaban J connectivity index is 2.17. The van der Waals surface area contributed by atoms with E-state index in [2.05, 4.69) is 4.98 Å². The van der Waals surface area contributed by atoms with E-state index in [0.29, 0.717) is 0 Å². The van der Waals surface area contributed by atoms with Crippen LogP contribution in [0, 0.1) is 22.9 Å². The lowest BCUT2D eigenvalue weighted by molar-refractivity contribution is -0.386. The molecule has 1 heterocycles. The van der Waals surface area contributed by atoms with E-state index in [-0.39, 0.29) is 18.0 Å². The lowest BCUT2D eigenvalue weighted by Crippen LogP contribution is -1.98. The Bertz CT molecular complexity index is 585. The molecular weight excluding hydrogens is 259 g/mol. The highest BCUT2D eigenvalue weighted by atomic mass is 32.1. The van der Waals surface area contributed by atoms with Crippen molar-refractivity contribution in [2.45, 2.75) is 13.5 Å². The highest BCUT2D eigenvalue weighted by Crippen LogP contribution is 2.28. The first-order valence-corrected chi connectivity index (χ1v) is 5.86. The van der Waals surface area contributed by atoms with Crippen LogP contribution in [0.4, 0.5) is 10.1 Å². The van der Waals surface area contributed by atoms with E-state index in [1.54, 1.807) is 6.20 Å². The van der Waals surface area contributed by atoms with Crippen LogP contribution < -0.4 is 4.74 Å². The average molecular weight is 268 g/mol. The highest BCUT2D eigenvalue weighted by molar-refractivity contribution is 7.11. The summed E-state index contributed by atoms with van der Waals surface area (Å²) in [5.41, 5.74) is -0.252. The Kier molecular flexibility index (Phi) is 3.52. The van der Waals surface area contributed by atoms with Gasteiger partial charge >= 0.3 is 5.69 Å². The predicted molar refractivity (Wildman–Crippen MR) is 64.2 cm³/mol. The van der Waals surface area contributed by atoms with Gasteiger partial charge < -0.3 is 4.74 Å². The summed E-state index contributed by atoms with van der Waals surface area (Å²) in [6, 6.07) is 3.12. The van der Waals surface area contributed by atoms with Crippen LogP contribution in [0.1, 0.15) is 9.88 Å². The van der Waals surface area contributed by atoms with Crippen molar-refractivity contribution in [1.82, 2.24) is 4.98 Å². The summed E-state index contributed by atoms with van der Waals surface area (Å²) >= 11 is 1.43. The molecule has 0 N–H and O–H groups in total. The molecule has 0 fully saturated rings. The van der Waals surface area contributed by atoms with Crippen LogP contribution in [0.5, 0.6) is 5.75 Å². The van der Waals surface area contributed by atoms with Crippen LogP contribution in [-0.2, 0) is 6.61 Å². The van der Waals surface area contributed by atoms with Gasteiger partial charge in [0.25, 0.3) is 0 Å². The van der Waals surface area contributed by atoms with Crippen molar-refractivity contribution in [2.24, 2.45) is 0 Å². The summed E-state index contributed by atoms with van der Waals surface area (Å²) in [4.78, 5) is 15.0. The number of rotatable bonds is 4. The summed E-state index contributed by atoms with van der Waals surface area (Å²) in [6.07, 6.45) is 1.63. The minimum absolute atomic E-state index is 0.0777. The second kappa shape index (κ2) is 5.09. The Labute approximate surface area is 106 Å². The monoisotopic (exact) mass is 268 g/mol. The number of hydrogen-bond acceptors (Lipinski definition) is 5. The molecule has 0 radical (unpaired) electrons. The lowest BCUT2D eigenvalue weighted by atomic mass is 10.3. The number of benzene rings is 1.